The third kappa shape index (κ3) is 5.30. The zero-order valence-electron chi connectivity index (χ0n) is 22.7. The molecule has 210 valence electrons. The first-order chi connectivity index (χ1) is 19.9. The normalized spacial score (nSPS) is 16.1. The van der Waals surface area contributed by atoms with E-state index >= 15 is 4.39 Å². The van der Waals surface area contributed by atoms with E-state index in [1.807, 2.05) is 36.4 Å². The maximum Gasteiger partial charge on any atom is 0.266 e. The highest BCUT2D eigenvalue weighted by Crippen LogP contribution is 2.43. The number of benzene rings is 2. The summed E-state index contributed by atoms with van der Waals surface area (Å²) in [5.41, 5.74) is 13.0. The summed E-state index contributed by atoms with van der Waals surface area (Å²) in [5.74, 6) is -0.123. The summed E-state index contributed by atoms with van der Waals surface area (Å²) >= 11 is 0. The molecule has 1 aliphatic carbocycles. The van der Waals surface area contributed by atoms with E-state index in [1.54, 1.807) is 10.6 Å². The van der Waals surface area contributed by atoms with Gasteiger partial charge in [-0.3, -0.25) is 9.36 Å². The smallest absolute Gasteiger partial charge is 0.266 e. The second-order valence-corrected chi connectivity index (χ2v) is 10.8. The van der Waals surface area contributed by atoms with Gasteiger partial charge in [-0.25, -0.2) is 9.37 Å². The zero-order chi connectivity index (χ0) is 28.5. The molecular formula is C30H32FN9O. The molecule has 0 unspecified atom stereocenters. The average molecular weight is 554 g/mol. The van der Waals surface area contributed by atoms with Gasteiger partial charge in [-0.15, -0.1) is 0 Å². The molecule has 0 bridgehead atoms. The Morgan fingerprint density at radius 2 is 1.83 bits per heavy atom. The molecule has 11 heteroatoms. The quantitative estimate of drug-likeness (QED) is 0.280. The van der Waals surface area contributed by atoms with Crippen molar-refractivity contribution in [3.8, 4) is 11.8 Å². The van der Waals surface area contributed by atoms with Gasteiger partial charge in [0.15, 0.2) is 5.82 Å². The number of nitrogen functional groups attached to an aromatic ring is 2. The van der Waals surface area contributed by atoms with E-state index in [0.29, 0.717) is 23.3 Å². The van der Waals surface area contributed by atoms with Crippen LogP contribution in [0.15, 0.2) is 47.3 Å². The van der Waals surface area contributed by atoms with Crippen LogP contribution in [0.25, 0.3) is 16.6 Å². The highest BCUT2D eigenvalue weighted by Gasteiger charge is 2.37. The van der Waals surface area contributed by atoms with Crippen LogP contribution in [0, 0.1) is 23.1 Å². The number of para-hydroxylation sites is 1. The van der Waals surface area contributed by atoms with Crippen molar-refractivity contribution in [3.05, 3.63) is 75.6 Å². The standard InChI is InChI=1S/C30H32FN9O/c31-22-13-12-18(7-6-16-39-14-4-5-15-39)23-25(22)36-28(40(29(23)41)20-8-2-1-3-9-20)24(19-10-11-19)35-27-21(17-32)26(33)37-30(34)38-27/h1-3,8-9,12-13,19,24H,4-7,10-11,14-16H2,(H5,33,34,35,37,38)/t24-/m0/s1. The topological polar surface area (TPSA) is 152 Å². The molecule has 3 heterocycles. The van der Waals surface area contributed by atoms with Crippen LogP contribution in [0.3, 0.4) is 0 Å². The molecule has 4 aromatic rings. The van der Waals surface area contributed by atoms with Crippen LogP contribution in [-0.2, 0) is 6.42 Å². The SMILES string of the molecule is N#Cc1c(N)nc(N)nc1N[C@H](c1nc2c(F)ccc(CCCN3CCCC3)c2c(=O)n1-c1ccccc1)C1CC1. The summed E-state index contributed by atoms with van der Waals surface area (Å²) in [7, 11) is 0. The van der Waals surface area contributed by atoms with Crippen molar-refractivity contribution < 1.29 is 4.39 Å². The van der Waals surface area contributed by atoms with Gasteiger partial charge in [-0.05, 0) is 87.8 Å². The fourth-order valence-electron chi connectivity index (χ4n) is 5.76. The minimum absolute atomic E-state index is 0.0468. The number of nitrogens with two attached hydrogens (primary N) is 2. The molecule has 10 nitrogen and oxygen atoms in total. The van der Waals surface area contributed by atoms with Gasteiger partial charge in [0.2, 0.25) is 5.95 Å². The summed E-state index contributed by atoms with van der Waals surface area (Å²) in [4.78, 5) is 29.8. The molecule has 2 fully saturated rings. The van der Waals surface area contributed by atoms with E-state index in [2.05, 4.69) is 20.2 Å². The number of nitrogens with one attached hydrogen (secondary N) is 1. The molecule has 2 aliphatic rings. The fourth-order valence-corrected chi connectivity index (χ4v) is 5.76. The Kier molecular flexibility index (Phi) is 7.24. The molecule has 1 aliphatic heterocycles. The van der Waals surface area contributed by atoms with Crippen LogP contribution < -0.4 is 22.3 Å². The van der Waals surface area contributed by atoms with Crippen LogP contribution in [-0.4, -0.2) is 44.1 Å². The predicted molar refractivity (Wildman–Crippen MR) is 156 cm³/mol. The Morgan fingerprint density at radius 1 is 1.07 bits per heavy atom. The molecule has 0 radical (unpaired) electrons. The lowest BCUT2D eigenvalue weighted by molar-refractivity contribution is 0.334. The number of nitriles is 1. The van der Waals surface area contributed by atoms with Crippen molar-refractivity contribution >= 4 is 28.5 Å². The van der Waals surface area contributed by atoms with Crippen molar-refractivity contribution in [3.63, 3.8) is 0 Å². The number of fused-ring (bicyclic) bond motifs is 1. The molecule has 1 atom stereocenters. The first kappa shape index (κ1) is 26.7. The Balaban J connectivity index is 1.50. The number of aromatic nitrogens is 4. The van der Waals surface area contributed by atoms with Gasteiger partial charge in [-0.1, -0.05) is 24.3 Å². The average Bonchev–Trinajstić information content (AvgIpc) is 3.67. The summed E-state index contributed by atoms with van der Waals surface area (Å²) in [6, 6.07) is 13.8. The Labute approximate surface area is 236 Å². The second kappa shape index (κ2) is 11.1. The molecule has 5 N–H and O–H groups in total. The third-order valence-electron chi connectivity index (χ3n) is 7.95. The van der Waals surface area contributed by atoms with Crippen molar-refractivity contribution in [2.45, 2.75) is 44.6 Å². The maximum absolute atomic E-state index is 15.4. The van der Waals surface area contributed by atoms with Gasteiger partial charge in [0, 0.05) is 0 Å². The van der Waals surface area contributed by atoms with E-state index in [-0.39, 0.29) is 40.1 Å². The van der Waals surface area contributed by atoms with Crippen LogP contribution in [0.4, 0.5) is 22.0 Å². The number of rotatable bonds is 9. The summed E-state index contributed by atoms with van der Waals surface area (Å²) in [6.45, 7) is 3.14. The molecule has 1 saturated carbocycles. The number of anilines is 3. The molecule has 6 rings (SSSR count). The molecule has 0 amide bonds. The van der Waals surface area contributed by atoms with Crippen LogP contribution in [0.5, 0.6) is 0 Å². The molecule has 41 heavy (non-hydrogen) atoms. The van der Waals surface area contributed by atoms with E-state index < -0.39 is 11.9 Å². The van der Waals surface area contributed by atoms with E-state index in [0.717, 1.165) is 44.5 Å². The summed E-state index contributed by atoms with van der Waals surface area (Å²) < 4.78 is 17.0. The number of nitrogens with zero attached hydrogens (tertiary/aromatic N) is 6. The number of hydrogen-bond donors (Lipinski definition) is 3. The first-order valence-electron chi connectivity index (χ1n) is 14.1. The lowest BCUT2D eigenvalue weighted by Gasteiger charge is -2.24. The lowest BCUT2D eigenvalue weighted by atomic mass is 10.0. The van der Waals surface area contributed by atoms with Gasteiger partial charge < -0.3 is 21.7 Å². The van der Waals surface area contributed by atoms with Gasteiger partial charge in [0.1, 0.15) is 34.6 Å². The highest BCUT2D eigenvalue weighted by atomic mass is 19.1. The summed E-state index contributed by atoms with van der Waals surface area (Å²) in [5, 5.41) is 13.3. The molecule has 2 aromatic heterocycles. The molecule has 0 spiro atoms. The summed E-state index contributed by atoms with van der Waals surface area (Å²) in [6.07, 6.45) is 5.66. The molecular weight excluding hydrogens is 521 g/mol. The number of likely N-dealkylation sites (tertiary alicyclic amines) is 1. The van der Waals surface area contributed by atoms with Gasteiger partial charge in [0.05, 0.1) is 17.1 Å². The van der Waals surface area contributed by atoms with Crippen LogP contribution in [0.1, 0.15) is 55.1 Å². The third-order valence-corrected chi connectivity index (χ3v) is 7.95. The van der Waals surface area contributed by atoms with Crippen molar-refractivity contribution in [2.75, 3.05) is 36.4 Å². The number of hydrogen-bond acceptors (Lipinski definition) is 9. The largest absolute Gasteiger partial charge is 0.382 e. The van der Waals surface area contributed by atoms with Gasteiger partial charge in [-0.2, -0.15) is 15.2 Å². The van der Waals surface area contributed by atoms with E-state index in [9.17, 15) is 10.1 Å². The Bertz CT molecular complexity index is 1690. The minimum atomic E-state index is -0.564. The highest BCUT2D eigenvalue weighted by molar-refractivity contribution is 5.82. The van der Waals surface area contributed by atoms with Crippen molar-refractivity contribution in [1.29, 1.82) is 5.26 Å². The van der Waals surface area contributed by atoms with Gasteiger partial charge >= 0.3 is 0 Å². The number of aryl methyl sites for hydroxylation is 1. The van der Waals surface area contributed by atoms with Crippen molar-refractivity contribution in [2.24, 2.45) is 5.92 Å². The fraction of sp³-hybridized carbons (Fsp3) is 0.367. The van der Waals surface area contributed by atoms with E-state index in [1.165, 1.54) is 18.9 Å². The Morgan fingerprint density at radius 3 is 2.54 bits per heavy atom. The van der Waals surface area contributed by atoms with Gasteiger partial charge in [0.25, 0.3) is 5.56 Å². The monoisotopic (exact) mass is 553 g/mol. The number of halogens is 1. The minimum Gasteiger partial charge on any atom is -0.382 e. The first-order valence-corrected chi connectivity index (χ1v) is 14.1. The second-order valence-electron chi connectivity index (χ2n) is 10.8. The van der Waals surface area contributed by atoms with E-state index in [4.69, 9.17) is 16.5 Å². The van der Waals surface area contributed by atoms with Crippen LogP contribution >= 0.6 is 0 Å². The van der Waals surface area contributed by atoms with Crippen LogP contribution in [0.2, 0.25) is 0 Å². The maximum atomic E-state index is 15.4. The van der Waals surface area contributed by atoms with Crippen molar-refractivity contribution in [1.82, 2.24) is 24.4 Å². The zero-order valence-corrected chi connectivity index (χ0v) is 22.7. The Hall–Kier alpha value is -4.56. The molecule has 1 saturated heterocycles. The predicted octanol–water partition coefficient (Wildman–Crippen LogP) is 3.94. The lowest BCUT2D eigenvalue weighted by Crippen LogP contribution is -2.30. The molecule has 2 aromatic carbocycles.